The molecule has 1 aromatic carbocycles. The molecule has 0 saturated heterocycles. The topological polar surface area (TPSA) is 101 Å². The molecular weight excluding hydrogens is 228 g/mol. The van der Waals surface area contributed by atoms with Crippen LogP contribution >= 0.6 is 0 Å². The van der Waals surface area contributed by atoms with Gasteiger partial charge >= 0.3 is 17.9 Å². The van der Waals surface area contributed by atoms with E-state index in [1.54, 1.807) is 0 Å². The lowest BCUT2D eigenvalue weighted by Gasteiger charge is -2.21. The third-order valence-electron chi connectivity index (χ3n) is 2.50. The molecule has 1 aliphatic heterocycles. The lowest BCUT2D eigenvalue weighted by molar-refractivity contribution is -0.147. The number of carbonyl (C=O) groups is 3. The number of hydrogen-bond acceptors (Lipinski definition) is 4. The standard InChI is InChI=1S/C11H8O6/c12-9(13)5-1-2-7-6(3-5)4-8(10(14)15)17-11(7)16/h1-3,8H,4H2,(H,12,13)(H,14,15)/t8-/m0/s1. The van der Waals surface area contributed by atoms with E-state index in [4.69, 9.17) is 10.2 Å². The van der Waals surface area contributed by atoms with Gasteiger partial charge in [-0.25, -0.2) is 14.4 Å². The molecule has 0 aliphatic carbocycles. The molecule has 0 fully saturated rings. The predicted octanol–water partition coefficient (Wildman–Crippen LogP) is 0.551. The van der Waals surface area contributed by atoms with Crippen LogP contribution in [0.15, 0.2) is 18.2 Å². The second kappa shape index (κ2) is 3.89. The van der Waals surface area contributed by atoms with Gasteiger partial charge in [0, 0.05) is 6.42 Å². The van der Waals surface area contributed by atoms with E-state index < -0.39 is 24.0 Å². The van der Waals surface area contributed by atoms with Gasteiger partial charge in [0.2, 0.25) is 6.10 Å². The average Bonchev–Trinajstić information content (AvgIpc) is 2.27. The highest BCUT2D eigenvalue weighted by Crippen LogP contribution is 2.22. The summed E-state index contributed by atoms with van der Waals surface area (Å²) in [5, 5.41) is 17.6. The fourth-order valence-corrected chi connectivity index (χ4v) is 1.67. The molecule has 0 saturated carbocycles. The van der Waals surface area contributed by atoms with E-state index in [2.05, 4.69) is 4.74 Å². The van der Waals surface area contributed by atoms with Crippen molar-refractivity contribution in [3.05, 3.63) is 34.9 Å². The Morgan fingerprint density at radius 3 is 2.59 bits per heavy atom. The molecule has 2 N–H and O–H groups in total. The zero-order valence-corrected chi connectivity index (χ0v) is 8.54. The highest BCUT2D eigenvalue weighted by molar-refractivity contribution is 5.96. The summed E-state index contributed by atoms with van der Waals surface area (Å²) in [5.74, 6) is -3.11. The summed E-state index contributed by atoms with van der Waals surface area (Å²) in [6, 6.07) is 3.91. The second-order valence-corrected chi connectivity index (χ2v) is 3.61. The third kappa shape index (κ3) is 1.96. The zero-order valence-electron chi connectivity index (χ0n) is 8.54. The van der Waals surface area contributed by atoms with Crippen LogP contribution in [-0.2, 0) is 16.0 Å². The van der Waals surface area contributed by atoms with Crippen LogP contribution in [0.5, 0.6) is 0 Å². The number of aromatic carboxylic acids is 1. The van der Waals surface area contributed by atoms with Gasteiger partial charge in [-0.3, -0.25) is 0 Å². The maximum absolute atomic E-state index is 11.4. The maximum Gasteiger partial charge on any atom is 0.345 e. The van der Waals surface area contributed by atoms with Crippen LogP contribution in [0.2, 0.25) is 0 Å². The molecule has 0 bridgehead atoms. The molecule has 0 amide bonds. The molecule has 6 heteroatoms. The van der Waals surface area contributed by atoms with E-state index in [9.17, 15) is 14.4 Å². The number of carboxylic acid groups (broad SMARTS) is 2. The van der Waals surface area contributed by atoms with Gasteiger partial charge in [-0.15, -0.1) is 0 Å². The number of fused-ring (bicyclic) bond motifs is 1. The van der Waals surface area contributed by atoms with Gasteiger partial charge in [0.1, 0.15) is 0 Å². The number of esters is 1. The van der Waals surface area contributed by atoms with Crippen LogP contribution in [0.1, 0.15) is 26.3 Å². The van der Waals surface area contributed by atoms with E-state index in [-0.39, 0.29) is 17.5 Å². The summed E-state index contributed by atoms with van der Waals surface area (Å²) in [4.78, 5) is 32.9. The number of ether oxygens (including phenoxy) is 1. The number of carboxylic acids is 2. The van der Waals surface area contributed by atoms with Crippen LogP contribution in [0, 0.1) is 0 Å². The van der Waals surface area contributed by atoms with Crippen molar-refractivity contribution in [1.29, 1.82) is 0 Å². The van der Waals surface area contributed by atoms with E-state index in [0.29, 0.717) is 5.56 Å². The molecule has 17 heavy (non-hydrogen) atoms. The van der Waals surface area contributed by atoms with E-state index >= 15 is 0 Å². The number of rotatable bonds is 2. The SMILES string of the molecule is O=C(O)c1ccc2c(c1)C[C@@H](C(=O)O)OC2=O. The molecule has 2 rings (SSSR count). The van der Waals surface area contributed by atoms with E-state index in [1.165, 1.54) is 18.2 Å². The molecule has 6 nitrogen and oxygen atoms in total. The number of hydrogen-bond donors (Lipinski definition) is 2. The molecule has 1 aromatic rings. The molecular formula is C11H8O6. The number of cyclic esters (lactones) is 1. The Labute approximate surface area is 95.4 Å². The minimum atomic E-state index is -1.25. The van der Waals surface area contributed by atoms with Gasteiger partial charge in [-0.2, -0.15) is 0 Å². The third-order valence-corrected chi connectivity index (χ3v) is 2.50. The first kappa shape index (κ1) is 11.1. The lowest BCUT2D eigenvalue weighted by Crippen LogP contribution is -2.34. The van der Waals surface area contributed by atoms with Crippen LogP contribution in [0.25, 0.3) is 0 Å². The number of aliphatic carboxylic acids is 1. The zero-order chi connectivity index (χ0) is 12.6. The first-order chi connectivity index (χ1) is 7.99. The van der Waals surface area contributed by atoms with Crippen molar-refractivity contribution in [2.75, 3.05) is 0 Å². The molecule has 1 heterocycles. The van der Waals surface area contributed by atoms with Crippen LogP contribution in [0.3, 0.4) is 0 Å². The Bertz CT molecular complexity index is 519. The smallest absolute Gasteiger partial charge is 0.345 e. The first-order valence-corrected chi connectivity index (χ1v) is 4.79. The molecule has 1 atom stereocenters. The first-order valence-electron chi connectivity index (χ1n) is 4.79. The van der Waals surface area contributed by atoms with Crippen molar-refractivity contribution in [3.63, 3.8) is 0 Å². The van der Waals surface area contributed by atoms with Gasteiger partial charge in [-0.1, -0.05) is 0 Å². The fraction of sp³-hybridized carbons (Fsp3) is 0.182. The van der Waals surface area contributed by atoms with E-state index in [1.807, 2.05) is 0 Å². The summed E-state index contributed by atoms with van der Waals surface area (Å²) in [6.07, 6.45) is -1.27. The minimum absolute atomic E-state index is 0.0163. The Hall–Kier alpha value is -2.37. The molecule has 88 valence electrons. The number of benzene rings is 1. The molecule has 0 radical (unpaired) electrons. The van der Waals surface area contributed by atoms with Crippen LogP contribution in [-0.4, -0.2) is 34.2 Å². The van der Waals surface area contributed by atoms with Crippen molar-refractivity contribution < 1.29 is 29.3 Å². The molecule has 0 aromatic heterocycles. The van der Waals surface area contributed by atoms with E-state index in [0.717, 1.165) is 0 Å². The predicted molar refractivity (Wildman–Crippen MR) is 53.9 cm³/mol. The molecule has 1 aliphatic rings. The highest BCUT2D eigenvalue weighted by Gasteiger charge is 2.31. The van der Waals surface area contributed by atoms with Crippen molar-refractivity contribution in [3.8, 4) is 0 Å². The fourth-order valence-electron chi connectivity index (χ4n) is 1.67. The summed E-state index contributed by atoms with van der Waals surface area (Å²) >= 11 is 0. The molecule has 0 unspecified atom stereocenters. The van der Waals surface area contributed by atoms with Crippen LogP contribution in [0.4, 0.5) is 0 Å². The van der Waals surface area contributed by atoms with Gasteiger partial charge in [-0.05, 0) is 23.8 Å². The van der Waals surface area contributed by atoms with Crippen LogP contribution < -0.4 is 0 Å². The monoisotopic (exact) mass is 236 g/mol. The van der Waals surface area contributed by atoms with Gasteiger partial charge in [0.25, 0.3) is 0 Å². The van der Waals surface area contributed by atoms with Gasteiger partial charge in [0.15, 0.2) is 0 Å². The quantitative estimate of drug-likeness (QED) is 0.727. The van der Waals surface area contributed by atoms with Crippen molar-refractivity contribution in [1.82, 2.24) is 0 Å². The lowest BCUT2D eigenvalue weighted by atomic mass is 9.96. The summed E-state index contributed by atoms with van der Waals surface area (Å²) in [5.41, 5.74) is 0.614. The molecule has 0 spiro atoms. The Morgan fingerprint density at radius 2 is 2.00 bits per heavy atom. The highest BCUT2D eigenvalue weighted by atomic mass is 16.6. The van der Waals surface area contributed by atoms with Gasteiger partial charge in [0.05, 0.1) is 11.1 Å². The second-order valence-electron chi connectivity index (χ2n) is 3.61. The summed E-state index contributed by atoms with van der Waals surface area (Å²) in [7, 11) is 0. The van der Waals surface area contributed by atoms with Crippen molar-refractivity contribution in [2.24, 2.45) is 0 Å². The largest absolute Gasteiger partial charge is 0.478 e. The average molecular weight is 236 g/mol. The maximum atomic E-state index is 11.4. The van der Waals surface area contributed by atoms with Gasteiger partial charge < -0.3 is 14.9 Å². The Morgan fingerprint density at radius 1 is 1.29 bits per heavy atom. The summed E-state index contributed by atoms with van der Waals surface area (Å²) < 4.78 is 4.69. The minimum Gasteiger partial charge on any atom is -0.478 e. The summed E-state index contributed by atoms with van der Waals surface area (Å²) in [6.45, 7) is 0. The number of carbonyl (C=O) groups excluding carboxylic acids is 1. The Kier molecular flexibility index (Phi) is 2.55. The van der Waals surface area contributed by atoms with Crippen molar-refractivity contribution in [2.45, 2.75) is 12.5 Å². The Balaban J connectivity index is 2.43. The normalized spacial score (nSPS) is 18.1. The van der Waals surface area contributed by atoms with Crippen molar-refractivity contribution >= 4 is 17.9 Å².